The number of rotatable bonds is 12. The molecule has 0 radical (unpaired) electrons. The molecule has 0 saturated carbocycles. The van der Waals surface area contributed by atoms with Gasteiger partial charge in [0.2, 0.25) is 6.29 Å². The third-order valence-electron chi connectivity index (χ3n) is 8.47. The van der Waals surface area contributed by atoms with Gasteiger partial charge in [-0.15, -0.1) is 0 Å². The molecule has 2 N–H and O–H groups in total. The van der Waals surface area contributed by atoms with Gasteiger partial charge in [0.15, 0.2) is 12.2 Å². The zero-order chi connectivity index (χ0) is 38.7. The van der Waals surface area contributed by atoms with Crippen molar-refractivity contribution in [1.29, 1.82) is 0 Å². The molecule has 0 aliphatic carbocycles. The van der Waals surface area contributed by atoms with E-state index >= 15 is 0 Å². The molecule has 1 heterocycles. The monoisotopic (exact) mass is 743 g/mol. The molecule has 1 aliphatic rings. The Morgan fingerprint density at radius 3 is 1.38 bits per heavy atom. The fourth-order valence-electron chi connectivity index (χ4n) is 5.77. The fraction of sp³-hybridized carbons (Fsp3) is 0.143. The van der Waals surface area contributed by atoms with E-state index in [1.165, 1.54) is 72.8 Å². The first-order valence-corrected chi connectivity index (χ1v) is 17.0. The molecule has 0 bridgehead atoms. The highest BCUT2D eigenvalue weighted by molar-refractivity contribution is 6.05. The van der Waals surface area contributed by atoms with Crippen LogP contribution in [-0.2, 0) is 23.7 Å². The van der Waals surface area contributed by atoms with E-state index in [-0.39, 0.29) is 33.4 Å². The third kappa shape index (κ3) is 9.28. The van der Waals surface area contributed by atoms with E-state index in [1.54, 1.807) is 72.8 Å². The topological polar surface area (TPSA) is 181 Å². The molecule has 5 aromatic rings. The predicted molar refractivity (Wildman–Crippen MR) is 193 cm³/mol. The van der Waals surface area contributed by atoms with Gasteiger partial charge in [-0.3, -0.25) is 4.79 Å². The molecule has 1 saturated heterocycles. The van der Waals surface area contributed by atoms with E-state index in [2.05, 4.69) is 5.32 Å². The first-order chi connectivity index (χ1) is 26.7. The second-order valence-electron chi connectivity index (χ2n) is 12.1. The van der Waals surface area contributed by atoms with Crippen LogP contribution in [0.15, 0.2) is 146 Å². The van der Waals surface area contributed by atoms with Crippen molar-refractivity contribution in [1.82, 2.24) is 5.32 Å². The minimum atomic E-state index is -1.80. The number of aromatic carboxylic acids is 1. The van der Waals surface area contributed by atoms with Gasteiger partial charge in [0.25, 0.3) is 5.91 Å². The van der Waals surface area contributed by atoms with Crippen LogP contribution in [0.3, 0.4) is 0 Å². The summed E-state index contributed by atoms with van der Waals surface area (Å²) >= 11 is 0. The van der Waals surface area contributed by atoms with Crippen LogP contribution in [0.25, 0.3) is 0 Å². The summed E-state index contributed by atoms with van der Waals surface area (Å²) in [5.74, 6) is -5.88. The van der Waals surface area contributed by atoms with Crippen molar-refractivity contribution in [3.63, 3.8) is 0 Å². The number of carbonyl (C=O) groups is 6. The molecule has 6 rings (SSSR count). The van der Waals surface area contributed by atoms with Gasteiger partial charge in [0, 0.05) is 0 Å². The van der Waals surface area contributed by atoms with Gasteiger partial charge in [-0.2, -0.15) is 0 Å². The number of hydrogen-bond acceptors (Lipinski definition) is 11. The lowest BCUT2D eigenvalue weighted by Gasteiger charge is -2.44. The number of nitrogens with one attached hydrogen (secondary N) is 1. The molecule has 1 aliphatic heterocycles. The maximum Gasteiger partial charge on any atom is 0.340 e. The number of ether oxygens (including phenoxy) is 5. The summed E-state index contributed by atoms with van der Waals surface area (Å²) < 4.78 is 29.7. The van der Waals surface area contributed by atoms with E-state index in [0.717, 1.165) is 0 Å². The van der Waals surface area contributed by atoms with Gasteiger partial charge in [-0.05, 0) is 60.7 Å². The lowest BCUT2D eigenvalue weighted by atomic mass is 9.95. The normalized spacial score (nSPS) is 18.9. The molecule has 13 nitrogen and oxygen atoms in total. The van der Waals surface area contributed by atoms with Crippen molar-refractivity contribution in [2.45, 2.75) is 30.6 Å². The first kappa shape index (κ1) is 37.6. The van der Waals surface area contributed by atoms with Crippen LogP contribution in [0.4, 0.5) is 0 Å². The number of benzene rings is 5. The average Bonchev–Trinajstić information content (AvgIpc) is 3.23. The maximum absolute atomic E-state index is 14.0. The van der Waals surface area contributed by atoms with Crippen molar-refractivity contribution in [3.8, 4) is 0 Å². The number of esters is 4. The standard InChI is InChI=1S/C42H33NO12/c44-36(30-23-13-14-24-31(30)37(45)46)43-33-35(54-40(49)28-19-9-3-10-20-28)34(53-39(48)27-17-7-2-8-18-27)32(25-51-38(47)26-15-5-1-6-16-26)52-42(33)55-41(50)29-21-11-4-12-22-29/h1-24,32-35,42H,25H2,(H,43,44)(H,45,46)/t32-,33-,34-,35-,42+/m1/s1. The summed E-state index contributed by atoms with van der Waals surface area (Å²) in [6.45, 7) is -0.609. The van der Waals surface area contributed by atoms with E-state index in [0.29, 0.717) is 0 Å². The van der Waals surface area contributed by atoms with E-state index in [4.69, 9.17) is 23.7 Å². The van der Waals surface area contributed by atoms with Gasteiger partial charge in [0.05, 0.1) is 33.4 Å². The molecular weight excluding hydrogens is 710 g/mol. The molecular formula is C42H33NO12. The van der Waals surface area contributed by atoms with E-state index in [1.807, 2.05) is 0 Å². The summed E-state index contributed by atoms with van der Waals surface area (Å²) in [6.07, 6.45) is -6.60. The SMILES string of the molecule is O=C(OC[C@H]1O[C@@H](OC(=O)c2ccccc2)[C@H](NC(=O)c2ccccc2C(=O)O)[C@@H](OC(=O)c2ccccc2)[C@@H]1OC(=O)c1ccccc1)c1ccccc1. The van der Waals surface area contributed by atoms with Crippen LogP contribution >= 0.6 is 0 Å². The van der Waals surface area contributed by atoms with Crippen molar-refractivity contribution >= 4 is 35.8 Å². The highest BCUT2D eigenvalue weighted by Gasteiger charge is 2.53. The number of hydrogen-bond donors (Lipinski definition) is 2. The number of carboxylic acid groups (broad SMARTS) is 1. The summed E-state index contributed by atoms with van der Waals surface area (Å²) in [6, 6.07) is 35.2. The average molecular weight is 744 g/mol. The molecule has 1 fully saturated rings. The molecule has 0 unspecified atom stereocenters. The molecule has 5 aromatic carbocycles. The smallest absolute Gasteiger partial charge is 0.340 e. The Hall–Kier alpha value is -7.12. The highest BCUT2D eigenvalue weighted by atomic mass is 16.7. The molecule has 55 heavy (non-hydrogen) atoms. The van der Waals surface area contributed by atoms with E-state index in [9.17, 15) is 33.9 Å². The quantitative estimate of drug-likeness (QED) is 0.123. The molecule has 1 amide bonds. The lowest BCUT2D eigenvalue weighted by Crippen LogP contribution is -2.67. The summed E-state index contributed by atoms with van der Waals surface area (Å²) in [5.41, 5.74) is -0.178. The Balaban J connectivity index is 1.44. The van der Waals surface area contributed by atoms with Gasteiger partial charge in [-0.25, -0.2) is 24.0 Å². The van der Waals surface area contributed by atoms with Crippen LogP contribution in [0, 0.1) is 0 Å². The third-order valence-corrected chi connectivity index (χ3v) is 8.47. The van der Waals surface area contributed by atoms with Crippen LogP contribution < -0.4 is 5.32 Å². The van der Waals surface area contributed by atoms with Gasteiger partial charge in [-0.1, -0.05) is 84.9 Å². The first-order valence-electron chi connectivity index (χ1n) is 17.0. The maximum atomic E-state index is 14.0. The Bertz CT molecular complexity index is 2150. The van der Waals surface area contributed by atoms with Gasteiger partial charge >= 0.3 is 29.8 Å². The molecule has 0 aromatic heterocycles. The summed E-state index contributed by atoms with van der Waals surface area (Å²) in [4.78, 5) is 80.2. The minimum absolute atomic E-state index is 0.0771. The van der Waals surface area contributed by atoms with Gasteiger partial charge < -0.3 is 34.1 Å². The largest absolute Gasteiger partial charge is 0.478 e. The van der Waals surface area contributed by atoms with E-state index < -0.39 is 73.0 Å². The molecule has 5 atom stereocenters. The predicted octanol–water partition coefficient (Wildman–Crippen LogP) is 5.37. The minimum Gasteiger partial charge on any atom is -0.478 e. The summed E-state index contributed by atoms with van der Waals surface area (Å²) in [5, 5.41) is 12.5. The molecule has 0 spiro atoms. The van der Waals surface area contributed by atoms with Crippen LogP contribution in [0.1, 0.15) is 62.1 Å². The second kappa shape index (κ2) is 17.6. The number of carbonyl (C=O) groups excluding carboxylic acids is 5. The van der Waals surface area contributed by atoms with Crippen molar-refractivity contribution in [2.24, 2.45) is 0 Å². The molecule has 13 heteroatoms. The van der Waals surface area contributed by atoms with Crippen molar-refractivity contribution < 1.29 is 57.6 Å². The number of carboxylic acids is 1. The van der Waals surface area contributed by atoms with Crippen LogP contribution in [0.2, 0.25) is 0 Å². The Kier molecular flexibility index (Phi) is 12.0. The van der Waals surface area contributed by atoms with Crippen LogP contribution in [-0.4, -0.2) is 78.1 Å². The second-order valence-corrected chi connectivity index (χ2v) is 12.1. The Labute approximate surface area is 314 Å². The van der Waals surface area contributed by atoms with Crippen molar-refractivity contribution in [2.75, 3.05) is 6.61 Å². The van der Waals surface area contributed by atoms with Crippen molar-refractivity contribution in [3.05, 3.63) is 179 Å². The zero-order valence-electron chi connectivity index (χ0n) is 28.9. The van der Waals surface area contributed by atoms with Gasteiger partial charge in [0.1, 0.15) is 18.8 Å². The zero-order valence-corrected chi connectivity index (χ0v) is 28.9. The van der Waals surface area contributed by atoms with Crippen LogP contribution in [0.5, 0.6) is 0 Å². The highest BCUT2D eigenvalue weighted by Crippen LogP contribution is 2.30. The Morgan fingerprint density at radius 2 is 0.909 bits per heavy atom. The lowest BCUT2D eigenvalue weighted by molar-refractivity contribution is -0.251. The summed E-state index contributed by atoms with van der Waals surface area (Å²) in [7, 11) is 0. The fourth-order valence-corrected chi connectivity index (χ4v) is 5.77. The Morgan fingerprint density at radius 1 is 0.509 bits per heavy atom. The number of amides is 1. The molecule has 278 valence electrons.